The van der Waals surface area contributed by atoms with Crippen LogP contribution in [-0.2, 0) is 13.0 Å². The average Bonchev–Trinajstić information content (AvgIpc) is 2.46. The first-order valence-electron chi connectivity index (χ1n) is 6.41. The van der Waals surface area contributed by atoms with E-state index in [9.17, 15) is 5.11 Å². The van der Waals surface area contributed by atoms with Crippen molar-refractivity contribution in [3.05, 3.63) is 69.3 Å². The van der Waals surface area contributed by atoms with E-state index in [1.165, 1.54) is 14.7 Å². The minimum Gasteiger partial charge on any atom is -0.395 e. The summed E-state index contributed by atoms with van der Waals surface area (Å²) in [6.07, 6.45) is 0.848. The Labute approximate surface area is 128 Å². The number of halogens is 1. The van der Waals surface area contributed by atoms with Gasteiger partial charge in [-0.1, -0.05) is 48.5 Å². The molecule has 2 rings (SSSR count). The fraction of sp³-hybridized carbons (Fsp3) is 0.250. The first-order chi connectivity index (χ1) is 9.29. The molecule has 0 spiro atoms. The Hall–Kier alpha value is -0.910. The van der Waals surface area contributed by atoms with Gasteiger partial charge in [0, 0.05) is 16.2 Å². The summed E-state index contributed by atoms with van der Waals surface area (Å²) >= 11 is 2.34. The topological polar surface area (TPSA) is 32.3 Å². The van der Waals surface area contributed by atoms with Gasteiger partial charge in [0.05, 0.1) is 6.61 Å². The standard InChI is InChI=1S/C16H18INO/c17-16-9-5-4-8-14(16)11-18-15(12-19)10-13-6-2-1-3-7-13/h1-9,15,18-19H,10-12H2. The van der Waals surface area contributed by atoms with Crippen LogP contribution >= 0.6 is 22.6 Å². The van der Waals surface area contributed by atoms with Gasteiger partial charge < -0.3 is 10.4 Å². The third-order valence-electron chi connectivity index (χ3n) is 3.08. The molecule has 19 heavy (non-hydrogen) atoms. The molecule has 0 amide bonds. The van der Waals surface area contributed by atoms with Crippen molar-refractivity contribution < 1.29 is 5.11 Å². The van der Waals surface area contributed by atoms with Crippen molar-refractivity contribution >= 4 is 22.6 Å². The molecule has 0 fully saturated rings. The Morgan fingerprint density at radius 3 is 2.37 bits per heavy atom. The summed E-state index contributed by atoms with van der Waals surface area (Å²) in [5.74, 6) is 0. The first-order valence-corrected chi connectivity index (χ1v) is 7.49. The van der Waals surface area contributed by atoms with E-state index in [0.717, 1.165) is 13.0 Å². The number of hydrogen-bond donors (Lipinski definition) is 2. The molecule has 2 N–H and O–H groups in total. The zero-order valence-electron chi connectivity index (χ0n) is 10.7. The second-order valence-electron chi connectivity index (χ2n) is 4.54. The second-order valence-corrected chi connectivity index (χ2v) is 5.70. The number of benzene rings is 2. The SMILES string of the molecule is OCC(Cc1ccccc1)NCc1ccccc1I. The number of rotatable bonds is 6. The lowest BCUT2D eigenvalue weighted by atomic mass is 10.1. The summed E-state index contributed by atoms with van der Waals surface area (Å²) in [5.41, 5.74) is 2.52. The highest BCUT2D eigenvalue weighted by atomic mass is 127. The predicted octanol–water partition coefficient (Wildman–Crippen LogP) is 2.98. The highest BCUT2D eigenvalue weighted by molar-refractivity contribution is 14.1. The molecule has 3 heteroatoms. The molecule has 0 aromatic heterocycles. The lowest BCUT2D eigenvalue weighted by Crippen LogP contribution is -2.34. The van der Waals surface area contributed by atoms with E-state index in [1.54, 1.807) is 0 Å². The zero-order chi connectivity index (χ0) is 13.5. The Balaban J connectivity index is 1.91. The Morgan fingerprint density at radius 1 is 1.00 bits per heavy atom. The maximum Gasteiger partial charge on any atom is 0.0587 e. The largest absolute Gasteiger partial charge is 0.395 e. The Kier molecular flexibility index (Phi) is 5.82. The molecule has 2 aromatic carbocycles. The number of hydrogen-bond acceptors (Lipinski definition) is 2. The third kappa shape index (κ3) is 4.60. The van der Waals surface area contributed by atoms with Crippen molar-refractivity contribution in [3.63, 3.8) is 0 Å². The molecular weight excluding hydrogens is 349 g/mol. The van der Waals surface area contributed by atoms with Crippen molar-refractivity contribution in [2.24, 2.45) is 0 Å². The molecule has 0 bridgehead atoms. The van der Waals surface area contributed by atoms with Crippen LogP contribution in [0.15, 0.2) is 54.6 Å². The van der Waals surface area contributed by atoms with E-state index < -0.39 is 0 Å². The minimum atomic E-state index is 0.0957. The molecule has 0 radical (unpaired) electrons. The summed E-state index contributed by atoms with van der Waals surface area (Å²) in [6, 6.07) is 18.7. The van der Waals surface area contributed by atoms with E-state index in [2.05, 4.69) is 52.2 Å². The molecule has 0 aliphatic carbocycles. The van der Waals surface area contributed by atoms with Crippen molar-refractivity contribution in [2.45, 2.75) is 19.0 Å². The van der Waals surface area contributed by atoms with Crippen LogP contribution < -0.4 is 5.32 Å². The molecule has 100 valence electrons. The third-order valence-corrected chi connectivity index (χ3v) is 4.14. The quantitative estimate of drug-likeness (QED) is 0.770. The smallest absolute Gasteiger partial charge is 0.0587 e. The second kappa shape index (κ2) is 7.62. The van der Waals surface area contributed by atoms with E-state index in [1.807, 2.05) is 30.3 Å². The number of nitrogens with one attached hydrogen (secondary N) is 1. The van der Waals surface area contributed by atoms with Gasteiger partial charge in [0.25, 0.3) is 0 Å². The minimum absolute atomic E-state index is 0.0957. The van der Waals surface area contributed by atoms with Crippen LogP contribution in [0, 0.1) is 3.57 Å². The van der Waals surface area contributed by atoms with Gasteiger partial charge in [-0.3, -0.25) is 0 Å². The van der Waals surface area contributed by atoms with Crippen LogP contribution in [0.5, 0.6) is 0 Å². The van der Waals surface area contributed by atoms with Crippen LogP contribution in [0.25, 0.3) is 0 Å². The van der Waals surface area contributed by atoms with Gasteiger partial charge in [-0.15, -0.1) is 0 Å². The number of aliphatic hydroxyl groups is 1. The van der Waals surface area contributed by atoms with Gasteiger partial charge in [0.2, 0.25) is 0 Å². The zero-order valence-corrected chi connectivity index (χ0v) is 12.9. The van der Waals surface area contributed by atoms with E-state index in [0.29, 0.717) is 0 Å². The van der Waals surface area contributed by atoms with Crippen LogP contribution in [-0.4, -0.2) is 17.8 Å². The van der Waals surface area contributed by atoms with Gasteiger partial charge in [0.15, 0.2) is 0 Å². The van der Waals surface area contributed by atoms with Crippen LogP contribution in [0.2, 0.25) is 0 Å². The fourth-order valence-corrected chi connectivity index (χ4v) is 2.57. The van der Waals surface area contributed by atoms with Crippen LogP contribution in [0.1, 0.15) is 11.1 Å². The van der Waals surface area contributed by atoms with E-state index in [-0.39, 0.29) is 12.6 Å². The van der Waals surface area contributed by atoms with Crippen molar-refractivity contribution in [3.8, 4) is 0 Å². The Bertz CT molecular complexity index is 501. The lowest BCUT2D eigenvalue weighted by molar-refractivity contribution is 0.240. The van der Waals surface area contributed by atoms with Gasteiger partial charge >= 0.3 is 0 Å². The summed E-state index contributed by atoms with van der Waals surface area (Å²) < 4.78 is 1.25. The Morgan fingerprint density at radius 2 is 1.68 bits per heavy atom. The molecule has 0 saturated heterocycles. The van der Waals surface area contributed by atoms with Crippen molar-refractivity contribution in [1.29, 1.82) is 0 Å². The molecular formula is C16H18INO. The van der Waals surface area contributed by atoms with Crippen molar-refractivity contribution in [2.75, 3.05) is 6.61 Å². The van der Waals surface area contributed by atoms with E-state index >= 15 is 0 Å². The average molecular weight is 367 g/mol. The summed E-state index contributed by atoms with van der Waals surface area (Å²) in [7, 11) is 0. The normalized spacial score (nSPS) is 12.3. The first kappa shape index (κ1) is 14.5. The van der Waals surface area contributed by atoms with Crippen molar-refractivity contribution in [1.82, 2.24) is 5.32 Å². The van der Waals surface area contributed by atoms with E-state index in [4.69, 9.17) is 0 Å². The van der Waals surface area contributed by atoms with Gasteiger partial charge in [0.1, 0.15) is 0 Å². The highest BCUT2D eigenvalue weighted by Gasteiger charge is 2.08. The van der Waals surface area contributed by atoms with Gasteiger partial charge in [-0.25, -0.2) is 0 Å². The molecule has 1 atom stereocenters. The molecule has 0 aliphatic heterocycles. The molecule has 2 nitrogen and oxygen atoms in total. The number of aliphatic hydroxyl groups excluding tert-OH is 1. The van der Waals surface area contributed by atoms with Gasteiger partial charge in [-0.2, -0.15) is 0 Å². The maximum absolute atomic E-state index is 9.47. The van der Waals surface area contributed by atoms with Gasteiger partial charge in [-0.05, 0) is 46.2 Å². The molecule has 0 heterocycles. The summed E-state index contributed by atoms with van der Waals surface area (Å²) in [4.78, 5) is 0. The molecule has 0 saturated carbocycles. The highest BCUT2D eigenvalue weighted by Crippen LogP contribution is 2.11. The van der Waals surface area contributed by atoms with Crippen LogP contribution in [0.3, 0.4) is 0 Å². The lowest BCUT2D eigenvalue weighted by Gasteiger charge is -2.17. The summed E-state index contributed by atoms with van der Waals surface area (Å²) in [6.45, 7) is 0.940. The fourth-order valence-electron chi connectivity index (χ4n) is 2.00. The molecule has 1 unspecified atom stereocenters. The molecule has 0 aliphatic rings. The summed E-state index contributed by atoms with van der Waals surface area (Å²) in [5, 5.41) is 12.9. The maximum atomic E-state index is 9.47. The monoisotopic (exact) mass is 367 g/mol. The van der Waals surface area contributed by atoms with Crippen LogP contribution in [0.4, 0.5) is 0 Å². The molecule has 2 aromatic rings. The predicted molar refractivity (Wildman–Crippen MR) is 87.0 cm³/mol.